The molecule has 0 fully saturated rings. The zero-order valence-electron chi connectivity index (χ0n) is 22.4. The molecule has 2 aromatic heterocycles. The minimum atomic E-state index is -4.53. The number of allylic oxidation sites excluding steroid dienone is 1. The lowest BCUT2D eigenvalue weighted by atomic mass is 10.1. The number of nitrogens with zero attached hydrogens (tertiary/aromatic N) is 4. The van der Waals surface area contributed by atoms with Crippen LogP contribution < -0.4 is 15.2 Å². The predicted octanol–water partition coefficient (Wildman–Crippen LogP) is 5.35. The molecule has 0 amide bonds. The van der Waals surface area contributed by atoms with Gasteiger partial charge in [-0.1, -0.05) is 12.1 Å². The molecule has 4 rings (SSSR count). The van der Waals surface area contributed by atoms with Crippen molar-refractivity contribution in [3.63, 3.8) is 0 Å². The number of rotatable bonds is 10. The summed E-state index contributed by atoms with van der Waals surface area (Å²) >= 11 is 0. The van der Waals surface area contributed by atoms with E-state index in [9.17, 15) is 27.9 Å². The van der Waals surface area contributed by atoms with Gasteiger partial charge in [-0.05, 0) is 74.9 Å². The van der Waals surface area contributed by atoms with E-state index in [1.807, 2.05) is 0 Å². The summed E-state index contributed by atoms with van der Waals surface area (Å²) in [6.07, 6.45) is -0.889. The summed E-state index contributed by atoms with van der Waals surface area (Å²) in [5.74, 6) is -0.262. The number of aliphatic carboxylic acids is 1. The van der Waals surface area contributed by atoms with E-state index in [1.165, 1.54) is 36.6 Å². The first kappa shape index (κ1) is 29.1. The minimum absolute atomic E-state index is 0.0466. The number of halogens is 3. The Bertz CT molecular complexity index is 1610. The van der Waals surface area contributed by atoms with E-state index in [0.717, 1.165) is 16.8 Å². The Hall–Kier alpha value is -4.87. The van der Waals surface area contributed by atoms with Crippen molar-refractivity contribution in [3.8, 4) is 17.2 Å². The first-order chi connectivity index (χ1) is 19.3. The van der Waals surface area contributed by atoms with Crippen molar-refractivity contribution in [1.82, 2.24) is 19.3 Å². The Morgan fingerprint density at radius 3 is 2.41 bits per heavy atom. The fraction of sp³-hybridized carbons (Fsp3) is 0.241. The number of alkyl halides is 3. The highest BCUT2D eigenvalue weighted by Crippen LogP contribution is 2.32. The lowest BCUT2D eigenvalue weighted by Gasteiger charge is -2.24. The Labute approximate surface area is 233 Å². The van der Waals surface area contributed by atoms with Gasteiger partial charge in [0.2, 0.25) is 0 Å². The van der Waals surface area contributed by atoms with Crippen molar-refractivity contribution in [2.45, 2.75) is 45.2 Å². The highest BCUT2D eigenvalue weighted by atomic mass is 19.4. The van der Waals surface area contributed by atoms with Gasteiger partial charge >= 0.3 is 17.8 Å². The summed E-state index contributed by atoms with van der Waals surface area (Å²) in [7, 11) is 0. The van der Waals surface area contributed by atoms with Crippen molar-refractivity contribution < 1.29 is 32.5 Å². The molecular weight excluding hydrogens is 541 g/mol. The van der Waals surface area contributed by atoms with Crippen LogP contribution in [0.1, 0.15) is 42.5 Å². The number of hydrogen-bond acceptors (Lipinski definition) is 6. The third-order valence-electron chi connectivity index (χ3n) is 6.14. The molecule has 2 heterocycles. The highest BCUT2D eigenvalue weighted by Gasteiger charge is 2.32. The number of benzene rings is 2. The van der Waals surface area contributed by atoms with Gasteiger partial charge in [0.05, 0.1) is 11.3 Å². The summed E-state index contributed by atoms with van der Waals surface area (Å²) in [6.45, 7) is 8.35. The molecule has 2 aromatic carbocycles. The Morgan fingerprint density at radius 1 is 1.15 bits per heavy atom. The number of carboxylic acids is 1. The van der Waals surface area contributed by atoms with Crippen molar-refractivity contribution in [1.29, 1.82) is 0 Å². The number of aromatic nitrogens is 4. The summed E-state index contributed by atoms with van der Waals surface area (Å²) < 4.78 is 53.6. The van der Waals surface area contributed by atoms with Crippen LogP contribution in [0.25, 0.3) is 5.69 Å². The van der Waals surface area contributed by atoms with E-state index >= 15 is 0 Å². The van der Waals surface area contributed by atoms with Gasteiger partial charge in [-0.2, -0.15) is 17.9 Å². The molecule has 41 heavy (non-hydrogen) atoms. The fourth-order valence-corrected chi connectivity index (χ4v) is 3.93. The average molecular weight is 569 g/mol. The molecule has 1 unspecified atom stereocenters. The van der Waals surface area contributed by atoms with E-state index < -0.39 is 35.1 Å². The lowest BCUT2D eigenvalue weighted by Crippen LogP contribution is -2.38. The molecule has 1 N–H and O–H groups in total. The normalized spacial score (nSPS) is 12.5. The Kier molecular flexibility index (Phi) is 8.04. The number of pyridine rings is 1. The summed E-state index contributed by atoms with van der Waals surface area (Å²) in [4.78, 5) is 29.0. The maximum absolute atomic E-state index is 13.4. The fourth-order valence-electron chi connectivity index (χ4n) is 3.93. The van der Waals surface area contributed by atoms with Crippen molar-refractivity contribution in [2.75, 3.05) is 0 Å². The van der Waals surface area contributed by atoms with Gasteiger partial charge in [0.1, 0.15) is 11.5 Å². The van der Waals surface area contributed by atoms with Crippen LogP contribution in [0.3, 0.4) is 0 Å². The number of ether oxygens (including phenoxy) is 2. The molecule has 0 spiro atoms. The topological polar surface area (TPSA) is 108 Å². The second-order valence-corrected chi connectivity index (χ2v) is 9.63. The van der Waals surface area contributed by atoms with Crippen molar-refractivity contribution in [2.24, 2.45) is 0 Å². The Morgan fingerprint density at radius 2 is 1.85 bits per heavy atom. The van der Waals surface area contributed by atoms with Gasteiger partial charge in [-0.3, -0.25) is 9.55 Å². The van der Waals surface area contributed by atoms with Crippen LogP contribution in [0.4, 0.5) is 13.2 Å². The minimum Gasteiger partial charge on any atom is -0.478 e. The van der Waals surface area contributed by atoms with Crippen LogP contribution in [-0.2, 0) is 17.5 Å². The SMILES string of the molecule is C=CCn1c(C(Oc2ccc(OC(C)(C)C(=O)O)c(C)c2)c2cccnc2)nn(-c2ccc(C(F)(F)F)cc2)c1=O. The van der Waals surface area contributed by atoms with E-state index in [4.69, 9.17) is 9.47 Å². The summed E-state index contributed by atoms with van der Waals surface area (Å²) in [5.41, 5.74) is -1.64. The van der Waals surface area contributed by atoms with Gasteiger partial charge in [0.15, 0.2) is 17.5 Å². The largest absolute Gasteiger partial charge is 0.478 e. The first-order valence-corrected chi connectivity index (χ1v) is 12.4. The Balaban J connectivity index is 1.77. The van der Waals surface area contributed by atoms with Crippen LogP contribution in [-0.4, -0.2) is 36.0 Å². The molecule has 214 valence electrons. The maximum atomic E-state index is 13.4. The second kappa shape index (κ2) is 11.3. The van der Waals surface area contributed by atoms with Crippen LogP contribution in [0, 0.1) is 6.92 Å². The summed E-state index contributed by atoms with van der Waals surface area (Å²) in [6, 6.07) is 12.3. The monoisotopic (exact) mass is 568 g/mol. The zero-order chi connectivity index (χ0) is 29.9. The zero-order valence-corrected chi connectivity index (χ0v) is 22.4. The van der Waals surface area contributed by atoms with Crippen molar-refractivity contribution in [3.05, 3.63) is 113 Å². The molecule has 0 saturated heterocycles. The van der Waals surface area contributed by atoms with Crippen molar-refractivity contribution >= 4 is 5.97 Å². The van der Waals surface area contributed by atoms with E-state index in [0.29, 0.717) is 22.6 Å². The maximum Gasteiger partial charge on any atom is 0.416 e. The van der Waals surface area contributed by atoms with Crippen LogP contribution >= 0.6 is 0 Å². The average Bonchev–Trinajstić information content (AvgIpc) is 3.24. The molecule has 0 bridgehead atoms. The van der Waals surface area contributed by atoms with Crippen LogP contribution in [0.2, 0.25) is 0 Å². The van der Waals surface area contributed by atoms with Crippen LogP contribution in [0.15, 0.2) is 84.4 Å². The van der Waals surface area contributed by atoms with E-state index in [2.05, 4.69) is 16.7 Å². The molecule has 0 aliphatic carbocycles. The smallest absolute Gasteiger partial charge is 0.416 e. The molecule has 12 heteroatoms. The molecule has 0 aliphatic rings. The highest BCUT2D eigenvalue weighted by molar-refractivity contribution is 5.76. The van der Waals surface area contributed by atoms with Gasteiger partial charge in [0, 0.05) is 24.5 Å². The number of carboxylic acid groups (broad SMARTS) is 1. The molecule has 9 nitrogen and oxygen atoms in total. The molecule has 0 aliphatic heterocycles. The van der Waals surface area contributed by atoms with Gasteiger partial charge in [0.25, 0.3) is 0 Å². The predicted molar refractivity (Wildman–Crippen MR) is 143 cm³/mol. The van der Waals surface area contributed by atoms with E-state index in [-0.39, 0.29) is 18.1 Å². The van der Waals surface area contributed by atoms with Gasteiger partial charge in [-0.15, -0.1) is 11.7 Å². The molecule has 0 radical (unpaired) electrons. The molecular formula is C29H27F3N4O5. The standard InChI is InChI=1S/C29H27F3N4O5/c1-5-15-35-25(34-36(27(35)39)21-10-8-20(9-11-21)29(30,31)32)24(19-7-6-14-33-17-19)40-22-12-13-23(18(2)16-22)41-28(3,4)26(37)38/h5-14,16-17,24H,1,15H2,2-4H3,(H,37,38). The third-order valence-corrected chi connectivity index (χ3v) is 6.14. The number of hydrogen-bond donors (Lipinski definition) is 1. The van der Waals surface area contributed by atoms with Gasteiger partial charge in [-0.25, -0.2) is 9.59 Å². The number of aryl methyl sites for hydroxylation is 1. The molecule has 4 aromatic rings. The van der Waals surface area contributed by atoms with Gasteiger partial charge < -0.3 is 14.6 Å². The first-order valence-electron chi connectivity index (χ1n) is 12.4. The quantitative estimate of drug-likeness (QED) is 0.257. The van der Waals surface area contributed by atoms with E-state index in [1.54, 1.807) is 49.6 Å². The summed E-state index contributed by atoms with van der Waals surface area (Å²) in [5, 5.41) is 13.9. The molecule has 1 atom stereocenters. The lowest BCUT2D eigenvalue weighted by molar-refractivity contribution is -0.152. The molecule has 0 saturated carbocycles. The van der Waals surface area contributed by atoms with Crippen LogP contribution in [0.5, 0.6) is 11.5 Å². The second-order valence-electron chi connectivity index (χ2n) is 9.63. The number of carbonyl (C=O) groups is 1. The third kappa shape index (κ3) is 6.32.